The van der Waals surface area contributed by atoms with Gasteiger partial charge in [0.15, 0.2) is 11.6 Å². The highest BCUT2D eigenvalue weighted by Crippen LogP contribution is 2.43. The number of amides is 1. The van der Waals surface area contributed by atoms with E-state index in [0.717, 1.165) is 16.7 Å². The number of benzene rings is 4. The molecule has 5 rings (SSSR count). The van der Waals surface area contributed by atoms with Crippen LogP contribution in [0.25, 0.3) is 6.08 Å². The number of nitrogens with zero attached hydrogens (tertiary/aromatic N) is 1. The number of hydrogen-bond acceptors (Lipinski definition) is 7. The third kappa shape index (κ3) is 8.14. The summed E-state index contributed by atoms with van der Waals surface area (Å²) in [6.07, 6.45) is 4.60. The predicted molar refractivity (Wildman–Crippen MR) is 181 cm³/mol. The van der Waals surface area contributed by atoms with E-state index in [1.165, 1.54) is 0 Å². The largest absolute Gasteiger partial charge is 0.497 e. The average molecular weight is 640 g/mol. The molecule has 0 saturated heterocycles. The van der Waals surface area contributed by atoms with E-state index in [4.69, 9.17) is 35.9 Å². The third-order valence-corrected chi connectivity index (χ3v) is 8.01. The van der Waals surface area contributed by atoms with Crippen LogP contribution in [0.2, 0.25) is 5.02 Å². The van der Waals surface area contributed by atoms with E-state index >= 15 is 0 Å². The summed E-state index contributed by atoms with van der Waals surface area (Å²) < 4.78 is 17.8. The summed E-state index contributed by atoms with van der Waals surface area (Å²) in [5.41, 5.74) is 8.09. The van der Waals surface area contributed by atoms with Crippen LogP contribution in [-0.2, 0) is 16.0 Å². The van der Waals surface area contributed by atoms with Crippen molar-refractivity contribution in [3.8, 4) is 11.5 Å². The standard InChI is InChI=1S/C37H38ClN3O5/c1-44-32-15-7-14-30(26-32)34-37(22-8-12-27-10-3-2-4-11-27,36(43)41-39-23-21-28-13-5-6-16-33(28)38)40-35(46-34)29-17-19-31(20-18-29)45-25-9-24-42/h2-8,10-20,26,34,39,42H,9,21-25H2,1H3,(H,41,43)/b12-8+/t34-,37-/m0/s1. The van der Waals surface area contributed by atoms with E-state index < -0.39 is 11.6 Å². The molecule has 0 fully saturated rings. The van der Waals surface area contributed by atoms with Crippen molar-refractivity contribution in [2.75, 3.05) is 26.9 Å². The molecule has 2 atom stereocenters. The molecule has 9 heteroatoms. The lowest BCUT2D eigenvalue weighted by atomic mass is 9.84. The zero-order chi connectivity index (χ0) is 32.2. The van der Waals surface area contributed by atoms with Gasteiger partial charge < -0.3 is 19.3 Å². The molecular weight excluding hydrogens is 602 g/mol. The Kier molecular flexibility index (Phi) is 11.5. The molecule has 4 aromatic rings. The summed E-state index contributed by atoms with van der Waals surface area (Å²) in [4.78, 5) is 19.4. The molecule has 0 aromatic heterocycles. The number of aliphatic hydroxyl groups excluding tert-OH is 1. The van der Waals surface area contributed by atoms with Crippen LogP contribution in [0.5, 0.6) is 11.5 Å². The fraction of sp³-hybridized carbons (Fsp3) is 0.243. The molecule has 0 saturated carbocycles. The van der Waals surface area contributed by atoms with Gasteiger partial charge >= 0.3 is 0 Å². The Morgan fingerprint density at radius 2 is 1.78 bits per heavy atom. The maximum atomic E-state index is 14.3. The number of aliphatic imine (C=N–C) groups is 1. The first kappa shape index (κ1) is 32.8. The normalized spacial score (nSPS) is 17.4. The number of rotatable bonds is 15. The van der Waals surface area contributed by atoms with Crippen molar-refractivity contribution in [2.24, 2.45) is 4.99 Å². The topological polar surface area (TPSA) is 101 Å². The molecular formula is C37H38ClN3O5. The maximum absolute atomic E-state index is 14.3. The molecule has 4 aromatic carbocycles. The van der Waals surface area contributed by atoms with E-state index in [9.17, 15) is 4.79 Å². The van der Waals surface area contributed by atoms with Gasteiger partial charge in [-0.1, -0.05) is 84.4 Å². The molecule has 1 aliphatic heterocycles. The second kappa shape index (κ2) is 16.1. The number of aliphatic hydroxyl groups is 1. The SMILES string of the molecule is COc1cccc([C@@H]2OC(c3ccc(OCCCO)cc3)=N[C@]2(C/C=C/c2ccccc2)C(=O)NNCCc2ccccc2Cl)c1. The first-order valence-electron chi connectivity index (χ1n) is 15.3. The molecule has 3 N–H and O–H groups in total. The summed E-state index contributed by atoms with van der Waals surface area (Å²) in [6.45, 7) is 0.933. The van der Waals surface area contributed by atoms with Crippen LogP contribution < -0.4 is 20.3 Å². The number of halogens is 1. The molecule has 1 aliphatic rings. The zero-order valence-electron chi connectivity index (χ0n) is 25.7. The van der Waals surface area contributed by atoms with Gasteiger partial charge in [-0.2, -0.15) is 0 Å². The van der Waals surface area contributed by atoms with Gasteiger partial charge in [0.25, 0.3) is 5.91 Å². The van der Waals surface area contributed by atoms with Gasteiger partial charge in [0, 0.05) is 36.6 Å². The highest BCUT2D eigenvalue weighted by atomic mass is 35.5. The Morgan fingerprint density at radius 3 is 2.54 bits per heavy atom. The van der Waals surface area contributed by atoms with Gasteiger partial charge in [0.1, 0.15) is 11.5 Å². The van der Waals surface area contributed by atoms with Crippen molar-refractivity contribution in [1.29, 1.82) is 0 Å². The van der Waals surface area contributed by atoms with Gasteiger partial charge in [-0.3, -0.25) is 10.2 Å². The van der Waals surface area contributed by atoms with Gasteiger partial charge in [-0.15, -0.1) is 0 Å². The van der Waals surface area contributed by atoms with E-state index in [1.807, 2.05) is 115 Å². The fourth-order valence-electron chi connectivity index (χ4n) is 5.21. The van der Waals surface area contributed by atoms with E-state index in [1.54, 1.807) is 7.11 Å². The highest BCUT2D eigenvalue weighted by Gasteiger charge is 2.52. The van der Waals surface area contributed by atoms with E-state index in [2.05, 4.69) is 10.9 Å². The van der Waals surface area contributed by atoms with Crippen LogP contribution in [0.1, 0.15) is 41.2 Å². The van der Waals surface area contributed by atoms with Crippen LogP contribution in [0.4, 0.5) is 0 Å². The molecule has 1 amide bonds. The van der Waals surface area contributed by atoms with Gasteiger partial charge in [0.2, 0.25) is 5.90 Å². The molecule has 0 bridgehead atoms. The minimum Gasteiger partial charge on any atom is -0.497 e. The Bertz CT molecular complexity index is 1640. The van der Waals surface area contributed by atoms with Crippen LogP contribution >= 0.6 is 11.6 Å². The van der Waals surface area contributed by atoms with E-state index in [-0.39, 0.29) is 18.9 Å². The smallest absolute Gasteiger partial charge is 0.266 e. The zero-order valence-corrected chi connectivity index (χ0v) is 26.5. The monoisotopic (exact) mass is 639 g/mol. The molecule has 0 radical (unpaired) electrons. The number of methoxy groups -OCH3 is 1. The Labute approximate surface area is 274 Å². The molecule has 238 valence electrons. The second-order valence-electron chi connectivity index (χ2n) is 10.8. The van der Waals surface area contributed by atoms with Crippen molar-refractivity contribution in [3.05, 3.63) is 136 Å². The Hall–Kier alpha value is -4.63. The lowest BCUT2D eigenvalue weighted by Gasteiger charge is -2.30. The molecule has 0 spiro atoms. The highest BCUT2D eigenvalue weighted by molar-refractivity contribution is 6.31. The molecule has 0 unspecified atom stereocenters. The van der Waals surface area contributed by atoms with Crippen LogP contribution in [0.15, 0.2) is 114 Å². The number of hydrogen-bond donors (Lipinski definition) is 3. The lowest BCUT2D eigenvalue weighted by Crippen LogP contribution is -2.52. The van der Waals surface area contributed by atoms with E-state index in [0.29, 0.717) is 54.0 Å². The number of nitrogens with one attached hydrogen (secondary N) is 2. The number of hydrazine groups is 1. The van der Waals surface area contributed by atoms with Crippen LogP contribution in [-0.4, -0.2) is 49.3 Å². The number of carbonyl (C=O) groups is 1. The van der Waals surface area contributed by atoms with Crippen molar-refractivity contribution in [2.45, 2.75) is 30.9 Å². The number of ether oxygens (including phenoxy) is 3. The van der Waals surface area contributed by atoms with Gasteiger partial charge in [-0.25, -0.2) is 10.4 Å². The summed E-state index contributed by atoms with van der Waals surface area (Å²) >= 11 is 6.34. The summed E-state index contributed by atoms with van der Waals surface area (Å²) in [6, 6.07) is 32.4. The van der Waals surface area contributed by atoms with Crippen LogP contribution in [0, 0.1) is 0 Å². The average Bonchev–Trinajstić information content (AvgIpc) is 3.49. The predicted octanol–water partition coefficient (Wildman–Crippen LogP) is 6.33. The van der Waals surface area contributed by atoms with Crippen LogP contribution in [0.3, 0.4) is 0 Å². The maximum Gasteiger partial charge on any atom is 0.266 e. The Balaban J connectivity index is 1.47. The molecule has 1 heterocycles. The van der Waals surface area contributed by atoms with Crippen molar-refractivity contribution in [1.82, 2.24) is 10.9 Å². The lowest BCUT2D eigenvalue weighted by molar-refractivity contribution is -0.129. The summed E-state index contributed by atoms with van der Waals surface area (Å²) in [5, 5.41) is 9.75. The summed E-state index contributed by atoms with van der Waals surface area (Å²) in [5.74, 6) is 1.31. The summed E-state index contributed by atoms with van der Waals surface area (Å²) in [7, 11) is 1.60. The van der Waals surface area contributed by atoms with Gasteiger partial charge in [-0.05, 0) is 65.6 Å². The fourth-order valence-corrected chi connectivity index (χ4v) is 5.44. The Morgan fingerprint density at radius 1 is 1.00 bits per heavy atom. The third-order valence-electron chi connectivity index (χ3n) is 7.64. The quantitative estimate of drug-likeness (QED) is 0.104. The van der Waals surface area contributed by atoms with Crippen molar-refractivity contribution >= 4 is 29.5 Å². The molecule has 0 aliphatic carbocycles. The molecule has 8 nitrogen and oxygen atoms in total. The minimum atomic E-state index is -1.36. The van der Waals surface area contributed by atoms with Crippen molar-refractivity contribution < 1.29 is 24.1 Å². The first-order valence-corrected chi connectivity index (χ1v) is 15.6. The number of carbonyl (C=O) groups excluding carboxylic acids is 1. The van der Waals surface area contributed by atoms with Crippen molar-refractivity contribution in [3.63, 3.8) is 0 Å². The first-order chi connectivity index (χ1) is 22.5. The minimum absolute atomic E-state index is 0.0616. The van der Waals surface area contributed by atoms with Gasteiger partial charge in [0.05, 0.1) is 13.7 Å². The molecule has 46 heavy (non-hydrogen) atoms. The second-order valence-corrected chi connectivity index (χ2v) is 11.2.